The molecule has 0 amide bonds. The van der Waals surface area contributed by atoms with Crippen LogP contribution in [0.4, 0.5) is 5.13 Å². The highest BCUT2D eigenvalue weighted by atomic mass is 32.1. The van der Waals surface area contributed by atoms with Crippen LogP contribution in [-0.4, -0.2) is 34.6 Å². The Hall–Kier alpha value is -2.05. The Labute approximate surface area is 133 Å². The highest BCUT2D eigenvalue weighted by Crippen LogP contribution is 2.14. The molecule has 6 heteroatoms. The molecular formula is C16H18N4OS. The summed E-state index contributed by atoms with van der Waals surface area (Å²) in [5.74, 6) is 0.835. The smallest absolute Gasteiger partial charge is 0.202 e. The molecule has 0 fully saturated rings. The fourth-order valence-electron chi connectivity index (χ4n) is 2.19. The van der Waals surface area contributed by atoms with Gasteiger partial charge in [0.25, 0.3) is 0 Å². The van der Waals surface area contributed by atoms with E-state index in [0.29, 0.717) is 6.61 Å². The Balaban J connectivity index is 1.54. The molecule has 0 saturated heterocycles. The van der Waals surface area contributed by atoms with E-state index >= 15 is 0 Å². The lowest BCUT2D eigenvalue weighted by Gasteiger charge is -2.04. The zero-order chi connectivity index (χ0) is 15.2. The molecule has 5 nitrogen and oxygen atoms in total. The fraction of sp³-hybridized carbons (Fsp3) is 0.312. The van der Waals surface area contributed by atoms with Gasteiger partial charge in [-0.15, -0.1) is 0 Å². The largest absolute Gasteiger partial charge is 0.384 e. The first-order valence-electron chi connectivity index (χ1n) is 7.24. The zero-order valence-electron chi connectivity index (χ0n) is 12.5. The number of nitrogens with zero attached hydrogens (tertiary/aromatic N) is 3. The van der Waals surface area contributed by atoms with Crippen molar-refractivity contribution in [1.29, 1.82) is 0 Å². The number of para-hydroxylation sites is 1. The summed E-state index contributed by atoms with van der Waals surface area (Å²) in [4.78, 5) is 8.91. The molecule has 1 aromatic carbocycles. The molecule has 22 heavy (non-hydrogen) atoms. The first-order valence-corrected chi connectivity index (χ1v) is 8.01. The van der Waals surface area contributed by atoms with Gasteiger partial charge in [0.05, 0.1) is 12.1 Å². The first kappa shape index (κ1) is 14.9. The van der Waals surface area contributed by atoms with Gasteiger partial charge >= 0.3 is 0 Å². The van der Waals surface area contributed by atoms with Crippen LogP contribution < -0.4 is 5.32 Å². The second-order valence-electron chi connectivity index (χ2n) is 4.97. The molecule has 0 aliphatic heterocycles. The van der Waals surface area contributed by atoms with Crippen molar-refractivity contribution in [3.05, 3.63) is 47.9 Å². The van der Waals surface area contributed by atoms with Gasteiger partial charge in [-0.1, -0.05) is 18.2 Å². The quantitative estimate of drug-likeness (QED) is 0.726. The van der Waals surface area contributed by atoms with Gasteiger partial charge < -0.3 is 10.1 Å². The van der Waals surface area contributed by atoms with Gasteiger partial charge in [-0.05, 0) is 24.1 Å². The van der Waals surface area contributed by atoms with Crippen molar-refractivity contribution in [2.24, 2.45) is 0 Å². The number of ether oxygens (including phenoxy) is 1. The van der Waals surface area contributed by atoms with Gasteiger partial charge in [0.1, 0.15) is 5.82 Å². The molecule has 0 bridgehead atoms. The van der Waals surface area contributed by atoms with Crippen LogP contribution in [0.5, 0.6) is 0 Å². The zero-order valence-corrected chi connectivity index (χ0v) is 13.3. The summed E-state index contributed by atoms with van der Waals surface area (Å²) in [6.07, 6.45) is 3.60. The third kappa shape index (κ3) is 3.78. The first-order chi connectivity index (χ1) is 10.8. The maximum atomic E-state index is 5.03. The Morgan fingerprint density at radius 1 is 1.23 bits per heavy atom. The molecule has 2 aromatic heterocycles. The lowest BCUT2D eigenvalue weighted by atomic mass is 10.1. The molecule has 0 unspecified atom stereocenters. The minimum atomic E-state index is 0.652. The summed E-state index contributed by atoms with van der Waals surface area (Å²) in [7, 11) is 1.68. The van der Waals surface area contributed by atoms with E-state index in [9.17, 15) is 0 Å². The van der Waals surface area contributed by atoms with Crippen LogP contribution in [0.3, 0.4) is 0 Å². The monoisotopic (exact) mass is 314 g/mol. The standard InChI is InChI=1S/C16H18N4OS/c1-21-9-7-15-19-16(22-20-15)17-8-6-12-10-13-4-2-3-5-14(13)18-11-12/h2-5,10-11H,6-9H2,1H3,(H,17,19,20). The van der Waals surface area contributed by atoms with E-state index < -0.39 is 0 Å². The van der Waals surface area contributed by atoms with Gasteiger partial charge in [0.2, 0.25) is 5.13 Å². The SMILES string of the molecule is COCCc1nsc(NCCc2cnc3ccccc3c2)n1. The number of fused-ring (bicyclic) bond motifs is 1. The Bertz CT molecular complexity index is 744. The predicted octanol–water partition coefficient (Wildman–Crippen LogP) is 2.93. The lowest BCUT2D eigenvalue weighted by molar-refractivity contribution is 0.201. The molecular weight excluding hydrogens is 296 g/mol. The molecule has 1 N–H and O–H groups in total. The Morgan fingerprint density at radius 3 is 3.05 bits per heavy atom. The number of anilines is 1. The predicted molar refractivity (Wildman–Crippen MR) is 89.4 cm³/mol. The summed E-state index contributed by atoms with van der Waals surface area (Å²) in [5, 5.41) is 5.35. The summed E-state index contributed by atoms with van der Waals surface area (Å²) < 4.78 is 9.32. The van der Waals surface area contributed by atoms with Gasteiger partial charge in [-0.3, -0.25) is 4.98 Å². The summed E-state index contributed by atoms with van der Waals surface area (Å²) in [5.41, 5.74) is 2.25. The normalized spacial score (nSPS) is 11.0. The van der Waals surface area contributed by atoms with Gasteiger partial charge in [0.15, 0.2) is 0 Å². The Morgan fingerprint density at radius 2 is 2.14 bits per heavy atom. The number of rotatable bonds is 7. The van der Waals surface area contributed by atoms with E-state index in [1.54, 1.807) is 7.11 Å². The van der Waals surface area contributed by atoms with Crippen LogP contribution in [0.2, 0.25) is 0 Å². The summed E-state index contributed by atoms with van der Waals surface area (Å²) >= 11 is 1.39. The van der Waals surface area contributed by atoms with E-state index in [1.165, 1.54) is 22.5 Å². The molecule has 0 aliphatic carbocycles. The molecule has 114 valence electrons. The van der Waals surface area contributed by atoms with Crippen LogP contribution in [0.15, 0.2) is 36.5 Å². The van der Waals surface area contributed by atoms with Crippen molar-refractivity contribution in [1.82, 2.24) is 14.3 Å². The minimum Gasteiger partial charge on any atom is -0.384 e. The molecule has 0 spiro atoms. The van der Waals surface area contributed by atoms with Crippen LogP contribution in [0, 0.1) is 0 Å². The Kier molecular flexibility index (Phi) is 4.92. The molecule has 2 heterocycles. The minimum absolute atomic E-state index is 0.652. The third-order valence-electron chi connectivity index (χ3n) is 3.33. The number of aromatic nitrogens is 3. The van der Waals surface area contributed by atoms with E-state index in [4.69, 9.17) is 4.74 Å². The van der Waals surface area contributed by atoms with Crippen LogP contribution >= 0.6 is 11.5 Å². The number of nitrogens with one attached hydrogen (secondary N) is 1. The van der Waals surface area contributed by atoms with E-state index in [2.05, 4.69) is 31.8 Å². The van der Waals surface area contributed by atoms with Crippen molar-refractivity contribution in [2.75, 3.05) is 25.6 Å². The second-order valence-corrected chi connectivity index (χ2v) is 5.72. The molecule has 0 saturated carbocycles. The number of benzene rings is 1. The molecule has 0 radical (unpaired) electrons. The fourth-order valence-corrected chi connectivity index (χ4v) is 2.82. The van der Waals surface area contributed by atoms with E-state index in [0.717, 1.165) is 35.9 Å². The van der Waals surface area contributed by atoms with Crippen LogP contribution in [0.25, 0.3) is 10.9 Å². The van der Waals surface area contributed by atoms with E-state index in [1.807, 2.05) is 24.4 Å². The maximum Gasteiger partial charge on any atom is 0.202 e. The average molecular weight is 314 g/mol. The second kappa shape index (κ2) is 7.29. The molecule has 0 aliphatic rings. The third-order valence-corrected chi connectivity index (χ3v) is 4.05. The number of hydrogen-bond donors (Lipinski definition) is 1. The van der Waals surface area contributed by atoms with Crippen molar-refractivity contribution < 1.29 is 4.74 Å². The molecule has 0 atom stereocenters. The average Bonchev–Trinajstić information content (AvgIpc) is 3.00. The molecule has 3 aromatic rings. The highest BCUT2D eigenvalue weighted by Gasteiger charge is 2.03. The lowest BCUT2D eigenvalue weighted by Crippen LogP contribution is -2.05. The summed E-state index contributed by atoms with van der Waals surface area (Å²) in [6, 6.07) is 10.3. The number of methoxy groups -OCH3 is 1. The van der Waals surface area contributed by atoms with Crippen molar-refractivity contribution in [3.8, 4) is 0 Å². The number of hydrogen-bond acceptors (Lipinski definition) is 6. The van der Waals surface area contributed by atoms with Crippen molar-refractivity contribution in [2.45, 2.75) is 12.8 Å². The number of pyridine rings is 1. The maximum absolute atomic E-state index is 5.03. The van der Waals surface area contributed by atoms with Crippen LogP contribution in [0.1, 0.15) is 11.4 Å². The highest BCUT2D eigenvalue weighted by molar-refractivity contribution is 7.09. The van der Waals surface area contributed by atoms with E-state index in [-0.39, 0.29) is 0 Å². The van der Waals surface area contributed by atoms with Crippen LogP contribution in [-0.2, 0) is 17.6 Å². The van der Waals surface area contributed by atoms with Gasteiger partial charge in [-0.25, -0.2) is 4.98 Å². The van der Waals surface area contributed by atoms with Crippen molar-refractivity contribution in [3.63, 3.8) is 0 Å². The summed E-state index contributed by atoms with van der Waals surface area (Å²) in [6.45, 7) is 1.47. The molecule has 3 rings (SSSR count). The van der Waals surface area contributed by atoms with Crippen molar-refractivity contribution >= 4 is 27.6 Å². The van der Waals surface area contributed by atoms with Gasteiger partial charge in [0, 0.05) is 43.2 Å². The van der Waals surface area contributed by atoms with Gasteiger partial charge in [-0.2, -0.15) is 4.37 Å². The topological polar surface area (TPSA) is 59.9 Å².